The first-order valence-corrected chi connectivity index (χ1v) is 5.34. The molecule has 0 amide bonds. The second-order valence-corrected chi connectivity index (χ2v) is 4.08. The van der Waals surface area contributed by atoms with Gasteiger partial charge < -0.3 is 0 Å². The third-order valence-corrected chi connectivity index (χ3v) is 2.75. The summed E-state index contributed by atoms with van der Waals surface area (Å²) in [5, 5.41) is 0. The SMILES string of the molecule is FC(F)(F)c1cc2c(c(C(F)(F)F)c1)C=CC=CC2. The molecule has 1 aliphatic carbocycles. The number of alkyl halides is 6. The Morgan fingerprint density at radius 1 is 0.842 bits per heavy atom. The van der Waals surface area contributed by atoms with Gasteiger partial charge in [0.2, 0.25) is 0 Å². The molecule has 1 aromatic rings. The van der Waals surface area contributed by atoms with Crippen molar-refractivity contribution in [2.24, 2.45) is 0 Å². The van der Waals surface area contributed by atoms with E-state index >= 15 is 0 Å². The molecule has 0 saturated heterocycles. The lowest BCUT2D eigenvalue weighted by Gasteiger charge is -2.17. The summed E-state index contributed by atoms with van der Waals surface area (Å²) in [4.78, 5) is 0. The zero-order valence-electron chi connectivity index (χ0n) is 9.44. The molecule has 19 heavy (non-hydrogen) atoms. The molecule has 0 nitrogen and oxygen atoms in total. The lowest BCUT2D eigenvalue weighted by Crippen LogP contribution is -2.14. The molecule has 0 bridgehead atoms. The average molecular weight is 278 g/mol. The molecular weight excluding hydrogens is 270 g/mol. The molecule has 1 aliphatic rings. The number of rotatable bonds is 0. The van der Waals surface area contributed by atoms with Crippen molar-refractivity contribution in [2.75, 3.05) is 0 Å². The van der Waals surface area contributed by atoms with Crippen LogP contribution in [0.4, 0.5) is 26.3 Å². The predicted octanol–water partition coefficient (Wildman–Crippen LogP) is 4.85. The minimum atomic E-state index is -4.82. The largest absolute Gasteiger partial charge is 0.417 e. The van der Waals surface area contributed by atoms with Gasteiger partial charge in [-0.25, -0.2) is 0 Å². The molecular formula is C13H8F6. The zero-order chi connectivity index (χ0) is 14.3. The van der Waals surface area contributed by atoms with Crippen LogP contribution in [0.3, 0.4) is 0 Å². The van der Waals surface area contributed by atoms with Crippen molar-refractivity contribution >= 4 is 6.08 Å². The molecule has 0 unspecified atom stereocenters. The van der Waals surface area contributed by atoms with Crippen LogP contribution < -0.4 is 0 Å². The van der Waals surface area contributed by atoms with Gasteiger partial charge in [0.05, 0.1) is 11.1 Å². The first kappa shape index (κ1) is 13.7. The molecule has 2 rings (SSSR count). The zero-order valence-corrected chi connectivity index (χ0v) is 9.44. The van der Waals surface area contributed by atoms with Crippen LogP contribution in [0.15, 0.2) is 30.4 Å². The van der Waals surface area contributed by atoms with E-state index in [1.54, 1.807) is 0 Å². The summed E-state index contributed by atoms with van der Waals surface area (Å²) in [6, 6.07) is 0.930. The molecule has 0 fully saturated rings. The maximum atomic E-state index is 12.9. The molecule has 0 atom stereocenters. The average Bonchev–Trinajstić information content (AvgIpc) is 2.49. The molecule has 6 heteroatoms. The van der Waals surface area contributed by atoms with Gasteiger partial charge in [-0.15, -0.1) is 0 Å². The number of hydrogen-bond donors (Lipinski definition) is 0. The van der Waals surface area contributed by atoms with Gasteiger partial charge in [-0.3, -0.25) is 0 Å². The molecule has 0 saturated carbocycles. The Hall–Kier alpha value is -1.72. The highest BCUT2D eigenvalue weighted by atomic mass is 19.4. The summed E-state index contributed by atoms with van der Waals surface area (Å²) in [5.74, 6) is 0. The van der Waals surface area contributed by atoms with E-state index in [0.717, 1.165) is 6.07 Å². The summed E-state index contributed by atoms with van der Waals surface area (Å²) in [6.07, 6.45) is -3.99. The molecule has 102 valence electrons. The summed E-state index contributed by atoms with van der Waals surface area (Å²) in [5.41, 5.74) is -2.71. The standard InChI is InChI=1S/C13H8F6/c14-12(15,16)9-6-8-4-2-1-3-5-10(8)11(7-9)13(17,18)19/h1-3,5-7H,4H2. The molecule has 0 N–H and O–H groups in total. The van der Waals surface area contributed by atoms with E-state index in [9.17, 15) is 26.3 Å². The third kappa shape index (κ3) is 2.83. The van der Waals surface area contributed by atoms with Crippen LogP contribution in [0.5, 0.6) is 0 Å². The normalized spacial score (nSPS) is 15.3. The molecule has 0 aromatic heterocycles. The van der Waals surface area contributed by atoms with Crippen LogP contribution in [-0.2, 0) is 18.8 Å². The molecule has 0 radical (unpaired) electrons. The highest BCUT2D eigenvalue weighted by Gasteiger charge is 2.38. The number of halogens is 6. The van der Waals surface area contributed by atoms with Crippen LogP contribution in [0, 0.1) is 0 Å². The van der Waals surface area contributed by atoms with Gasteiger partial charge in [0.1, 0.15) is 0 Å². The van der Waals surface area contributed by atoms with E-state index in [1.807, 2.05) is 0 Å². The van der Waals surface area contributed by atoms with Crippen LogP contribution >= 0.6 is 0 Å². The monoisotopic (exact) mass is 278 g/mol. The van der Waals surface area contributed by atoms with Gasteiger partial charge >= 0.3 is 12.4 Å². The van der Waals surface area contributed by atoms with E-state index in [2.05, 4.69) is 0 Å². The highest BCUT2D eigenvalue weighted by molar-refractivity contribution is 5.63. The lowest BCUT2D eigenvalue weighted by molar-refractivity contribution is -0.143. The fraction of sp³-hybridized carbons (Fsp3) is 0.231. The van der Waals surface area contributed by atoms with Crippen LogP contribution in [0.2, 0.25) is 0 Å². The predicted molar refractivity (Wildman–Crippen MR) is 58.3 cm³/mol. The number of hydrogen-bond acceptors (Lipinski definition) is 0. The number of allylic oxidation sites excluding steroid dienone is 3. The Morgan fingerprint density at radius 3 is 2.11 bits per heavy atom. The van der Waals surface area contributed by atoms with Gasteiger partial charge in [0.15, 0.2) is 0 Å². The second-order valence-electron chi connectivity index (χ2n) is 4.08. The number of benzene rings is 1. The van der Waals surface area contributed by atoms with E-state index in [-0.39, 0.29) is 23.6 Å². The van der Waals surface area contributed by atoms with Crippen molar-refractivity contribution in [2.45, 2.75) is 18.8 Å². The van der Waals surface area contributed by atoms with Gasteiger partial charge in [0.25, 0.3) is 0 Å². The summed E-state index contributed by atoms with van der Waals surface area (Å²) in [6.45, 7) is 0. The molecule has 1 aromatic carbocycles. The van der Waals surface area contributed by atoms with E-state index in [4.69, 9.17) is 0 Å². The fourth-order valence-electron chi connectivity index (χ4n) is 1.90. The second kappa shape index (κ2) is 4.43. The van der Waals surface area contributed by atoms with Crippen molar-refractivity contribution in [1.29, 1.82) is 0 Å². The minimum Gasteiger partial charge on any atom is -0.166 e. The lowest BCUT2D eigenvalue weighted by atomic mass is 9.95. The number of fused-ring (bicyclic) bond motifs is 1. The molecule has 0 aliphatic heterocycles. The maximum absolute atomic E-state index is 12.9. The van der Waals surface area contributed by atoms with E-state index in [0.29, 0.717) is 0 Å². The highest BCUT2D eigenvalue weighted by Crippen LogP contribution is 2.40. The van der Waals surface area contributed by atoms with Crippen LogP contribution in [0.25, 0.3) is 6.08 Å². The minimum absolute atomic E-state index is 0.0205. The Labute approximate surface area is 105 Å². The first-order chi connectivity index (χ1) is 8.69. The topological polar surface area (TPSA) is 0 Å². The maximum Gasteiger partial charge on any atom is 0.417 e. The van der Waals surface area contributed by atoms with E-state index in [1.165, 1.54) is 24.3 Å². The summed E-state index contributed by atoms with van der Waals surface area (Å²) < 4.78 is 76.4. The van der Waals surface area contributed by atoms with Crippen molar-refractivity contribution in [3.05, 3.63) is 52.6 Å². The quantitative estimate of drug-likeness (QED) is 0.595. The summed E-state index contributed by atoms with van der Waals surface area (Å²) >= 11 is 0. The van der Waals surface area contributed by atoms with Crippen molar-refractivity contribution < 1.29 is 26.3 Å². The molecule has 0 spiro atoms. The summed E-state index contributed by atoms with van der Waals surface area (Å²) in [7, 11) is 0. The van der Waals surface area contributed by atoms with Gasteiger partial charge in [0, 0.05) is 0 Å². The Kier molecular flexibility index (Phi) is 3.20. The van der Waals surface area contributed by atoms with Crippen molar-refractivity contribution in [3.63, 3.8) is 0 Å². The van der Waals surface area contributed by atoms with Crippen molar-refractivity contribution in [1.82, 2.24) is 0 Å². The van der Waals surface area contributed by atoms with Crippen molar-refractivity contribution in [3.8, 4) is 0 Å². The van der Waals surface area contributed by atoms with Crippen LogP contribution in [-0.4, -0.2) is 0 Å². The van der Waals surface area contributed by atoms with E-state index < -0.39 is 23.5 Å². The Bertz CT molecular complexity index is 545. The smallest absolute Gasteiger partial charge is 0.166 e. The Morgan fingerprint density at radius 2 is 1.53 bits per heavy atom. The van der Waals surface area contributed by atoms with Gasteiger partial charge in [-0.1, -0.05) is 24.3 Å². The third-order valence-electron chi connectivity index (χ3n) is 2.75. The van der Waals surface area contributed by atoms with Crippen LogP contribution in [0.1, 0.15) is 22.3 Å². The van der Waals surface area contributed by atoms with Gasteiger partial charge in [-0.2, -0.15) is 26.3 Å². The first-order valence-electron chi connectivity index (χ1n) is 5.34. The fourth-order valence-corrected chi connectivity index (χ4v) is 1.90. The van der Waals surface area contributed by atoms with Gasteiger partial charge in [-0.05, 0) is 29.7 Å². The molecule has 0 heterocycles. The Balaban J connectivity index is 2.71.